The monoisotopic (exact) mass is 389 g/mol. The molecule has 0 saturated heterocycles. The molecule has 3 aromatic rings. The fourth-order valence-electron chi connectivity index (χ4n) is 2.81. The molecule has 138 valence electrons. The third-order valence-corrected chi connectivity index (χ3v) is 5.35. The van der Waals surface area contributed by atoms with Crippen LogP contribution in [0.5, 0.6) is 0 Å². The van der Waals surface area contributed by atoms with Crippen LogP contribution in [0.3, 0.4) is 0 Å². The van der Waals surface area contributed by atoms with E-state index in [1.54, 1.807) is 36.0 Å². The standard InChI is InChI=1S/C22H15NO4S/c24-20-18-8-4-5-9-19(18)21(25)23(20)27-22(26)16-10-12-17(13-11-16)28-14-15-6-2-1-3-7-15/h1-13H,14H2. The van der Waals surface area contributed by atoms with Crippen LogP contribution in [0.1, 0.15) is 36.6 Å². The number of hydrogen-bond donors (Lipinski definition) is 0. The van der Waals surface area contributed by atoms with Gasteiger partial charge in [0.1, 0.15) is 0 Å². The van der Waals surface area contributed by atoms with Crippen LogP contribution in [-0.2, 0) is 10.6 Å². The van der Waals surface area contributed by atoms with E-state index in [0.717, 1.165) is 10.6 Å². The Morgan fingerprint density at radius 2 is 1.36 bits per heavy atom. The molecule has 1 aliphatic rings. The maximum Gasteiger partial charge on any atom is 0.363 e. The molecule has 0 N–H and O–H groups in total. The van der Waals surface area contributed by atoms with Crippen LogP contribution in [-0.4, -0.2) is 22.8 Å². The van der Waals surface area contributed by atoms with Crippen LogP contribution in [0.25, 0.3) is 0 Å². The zero-order chi connectivity index (χ0) is 19.5. The Balaban J connectivity index is 1.40. The lowest BCUT2D eigenvalue weighted by atomic mass is 10.1. The highest BCUT2D eigenvalue weighted by atomic mass is 32.2. The molecule has 0 unspecified atom stereocenters. The molecule has 3 aromatic carbocycles. The number of hydroxylamine groups is 2. The molecule has 0 atom stereocenters. The lowest BCUT2D eigenvalue weighted by Gasteiger charge is -2.12. The van der Waals surface area contributed by atoms with Gasteiger partial charge in [0, 0.05) is 10.6 Å². The highest BCUT2D eigenvalue weighted by Gasteiger charge is 2.38. The molecule has 0 radical (unpaired) electrons. The summed E-state index contributed by atoms with van der Waals surface area (Å²) < 4.78 is 0. The summed E-state index contributed by atoms with van der Waals surface area (Å²) in [5, 5.41) is 0.519. The maximum absolute atomic E-state index is 12.4. The number of imide groups is 1. The lowest BCUT2D eigenvalue weighted by Crippen LogP contribution is -2.32. The molecule has 28 heavy (non-hydrogen) atoms. The predicted octanol–water partition coefficient (Wildman–Crippen LogP) is 4.35. The van der Waals surface area contributed by atoms with Gasteiger partial charge in [-0.3, -0.25) is 9.59 Å². The number of carbonyl (C=O) groups is 3. The highest BCUT2D eigenvalue weighted by Crippen LogP contribution is 2.25. The minimum Gasteiger partial charge on any atom is -0.324 e. The Kier molecular flexibility index (Phi) is 4.95. The van der Waals surface area contributed by atoms with E-state index in [1.165, 1.54) is 17.7 Å². The topological polar surface area (TPSA) is 63.7 Å². The normalized spacial score (nSPS) is 12.8. The second-order valence-corrected chi connectivity index (χ2v) is 7.18. The van der Waals surface area contributed by atoms with E-state index in [2.05, 4.69) is 12.1 Å². The van der Waals surface area contributed by atoms with Crippen LogP contribution in [0.2, 0.25) is 0 Å². The fourth-order valence-corrected chi connectivity index (χ4v) is 3.67. The van der Waals surface area contributed by atoms with Crippen molar-refractivity contribution in [2.45, 2.75) is 10.6 Å². The number of rotatable bonds is 5. The van der Waals surface area contributed by atoms with Gasteiger partial charge in [-0.1, -0.05) is 47.5 Å². The molecular weight excluding hydrogens is 374 g/mol. The molecule has 1 aliphatic heterocycles. The first kappa shape index (κ1) is 18.0. The quantitative estimate of drug-likeness (QED) is 0.480. The van der Waals surface area contributed by atoms with Gasteiger partial charge < -0.3 is 4.84 Å². The average Bonchev–Trinajstić information content (AvgIpc) is 2.98. The summed E-state index contributed by atoms with van der Waals surface area (Å²) >= 11 is 1.65. The average molecular weight is 389 g/mol. The second-order valence-electron chi connectivity index (χ2n) is 6.13. The van der Waals surface area contributed by atoms with E-state index in [0.29, 0.717) is 5.06 Å². The molecule has 6 heteroatoms. The van der Waals surface area contributed by atoms with E-state index in [9.17, 15) is 14.4 Å². The molecular formula is C22H15NO4S. The van der Waals surface area contributed by atoms with Crippen molar-refractivity contribution in [2.75, 3.05) is 0 Å². The van der Waals surface area contributed by atoms with Crippen LogP contribution in [0.4, 0.5) is 0 Å². The van der Waals surface area contributed by atoms with Gasteiger partial charge in [0.2, 0.25) is 0 Å². The van der Waals surface area contributed by atoms with Crippen molar-refractivity contribution in [1.82, 2.24) is 5.06 Å². The molecule has 0 aromatic heterocycles. The number of amides is 2. The molecule has 0 aliphatic carbocycles. The lowest BCUT2D eigenvalue weighted by molar-refractivity contribution is -0.0584. The van der Waals surface area contributed by atoms with Crippen molar-refractivity contribution in [1.29, 1.82) is 0 Å². The molecule has 0 spiro atoms. The van der Waals surface area contributed by atoms with Crippen LogP contribution < -0.4 is 0 Å². The van der Waals surface area contributed by atoms with E-state index in [1.807, 2.05) is 30.3 Å². The van der Waals surface area contributed by atoms with Crippen molar-refractivity contribution in [3.05, 3.63) is 101 Å². The van der Waals surface area contributed by atoms with Gasteiger partial charge in [0.15, 0.2) is 0 Å². The first-order valence-electron chi connectivity index (χ1n) is 8.60. The number of hydrogen-bond acceptors (Lipinski definition) is 5. The molecule has 0 fully saturated rings. The van der Waals surface area contributed by atoms with Crippen LogP contribution in [0, 0.1) is 0 Å². The van der Waals surface area contributed by atoms with Gasteiger partial charge in [-0.15, -0.1) is 11.8 Å². The Labute approximate surface area is 165 Å². The number of nitrogens with zero attached hydrogens (tertiary/aromatic N) is 1. The second kappa shape index (κ2) is 7.70. The first-order chi connectivity index (χ1) is 13.6. The minimum atomic E-state index is -0.755. The fraction of sp³-hybridized carbons (Fsp3) is 0.0455. The van der Waals surface area contributed by atoms with Gasteiger partial charge in [-0.05, 0) is 42.0 Å². The Morgan fingerprint density at radius 3 is 1.96 bits per heavy atom. The van der Waals surface area contributed by atoms with Crippen molar-refractivity contribution in [3.8, 4) is 0 Å². The predicted molar refractivity (Wildman–Crippen MR) is 105 cm³/mol. The van der Waals surface area contributed by atoms with Crippen LogP contribution in [0.15, 0.2) is 83.8 Å². The third kappa shape index (κ3) is 3.54. The third-order valence-electron chi connectivity index (χ3n) is 4.27. The molecule has 0 saturated carbocycles. The molecule has 1 heterocycles. The summed E-state index contributed by atoms with van der Waals surface area (Å²) in [7, 11) is 0. The zero-order valence-corrected chi connectivity index (χ0v) is 15.5. The van der Waals surface area contributed by atoms with E-state index in [4.69, 9.17) is 4.84 Å². The Bertz CT molecular complexity index is 1010. The van der Waals surface area contributed by atoms with E-state index >= 15 is 0 Å². The van der Waals surface area contributed by atoms with Crippen molar-refractivity contribution in [2.24, 2.45) is 0 Å². The van der Waals surface area contributed by atoms with Gasteiger partial charge in [0.25, 0.3) is 11.8 Å². The number of benzene rings is 3. The summed E-state index contributed by atoms with van der Waals surface area (Å²) in [4.78, 5) is 43.0. The number of fused-ring (bicyclic) bond motifs is 1. The zero-order valence-electron chi connectivity index (χ0n) is 14.7. The van der Waals surface area contributed by atoms with E-state index < -0.39 is 17.8 Å². The summed E-state index contributed by atoms with van der Waals surface area (Å²) in [6.45, 7) is 0. The van der Waals surface area contributed by atoms with Crippen LogP contribution >= 0.6 is 11.8 Å². The maximum atomic E-state index is 12.4. The first-order valence-corrected chi connectivity index (χ1v) is 9.59. The summed E-state index contributed by atoms with van der Waals surface area (Å²) in [6, 6.07) is 23.3. The van der Waals surface area contributed by atoms with Crippen molar-refractivity contribution >= 4 is 29.5 Å². The molecule has 5 nitrogen and oxygen atoms in total. The molecule has 0 bridgehead atoms. The summed E-state index contributed by atoms with van der Waals surface area (Å²) in [5.74, 6) is -1.21. The highest BCUT2D eigenvalue weighted by molar-refractivity contribution is 7.98. The molecule has 2 amide bonds. The SMILES string of the molecule is O=C(ON1C(=O)c2ccccc2C1=O)c1ccc(SCc2ccccc2)cc1. The van der Waals surface area contributed by atoms with Gasteiger partial charge >= 0.3 is 5.97 Å². The smallest absolute Gasteiger partial charge is 0.324 e. The van der Waals surface area contributed by atoms with Crippen molar-refractivity contribution in [3.63, 3.8) is 0 Å². The van der Waals surface area contributed by atoms with Gasteiger partial charge in [-0.25, -0.2) is 4.79 Å². The summed E-state index contributed by atoms with van der Waals surface area (Å²) in [5.41, 5.74) is 1.93. The Morgan fingerprint density at radius 1 is 0.786 bits per heavy atom. The Hall–Kier alpha value is -3.38. The number of thioether (sulfide) groups is 1. The van der Waals surface area contributed by atoms with Gasteiger partial charge in [-0.2, -0.15) is 0 Å². The largest absolute Gasteiger partial charge is 0.363 e. The number of carbonyl (C=O) groups excluding carboxylic acids is 3. The van der Waals surface area contributed by atoms with Crippen molar-refractivity contribution < 1.29 is 19.2 Å². The minimum absolute atomic E-state index is 0.230. The van der Waals surface area contributed by atoms with Gasteiger partial charge in [0.05, 0.1) is 16.7 Å². The molecule has 4 rings (SSSR count). The summed E-state index contributed by atoms with van der Waals surface area (Å²) in [6.07, 6.45) is 0. The van der Waals surface area contributed by atoms with E-state index in [-0.39, 0.29) is 16.7 Å².